The van der Waals surface area contributed by atoms with Crippen molar-refractivity contribution in [3.05, 3.63) is 41.5 Å². The van der Waals surface area contributed by atoms with Crippen LogP contribution >= 0.6 is 0 Å². The minimum atomic E-state index is -0.935. The third-order valence-corrected chi connectivity index (χ3v) is 3.71. The Morgan fingerprint density at radius 1 is 1.35 bits per heavy atom. The van der Waals surface area contributed by atoms with E-state index in [-0.39, 0.29) is 5.57 Å². The van der Waals surface area contributed by atoms with Gasteiger partial charge in [0.25, 0.3) is 0 Å². The zero-order valence-electron chi connectivity index (χ0n) is 10.7. The van der Waals surface area contributed by atoms with Crippen molar-refractivity contribution in [3.8, 4) is 0 Å². The van der Waals surface area contributed by atoms with Crippen molar-refractivity contribution in [1.82, 2.24) is 0 Å². The van der Waals surface area contributed by atoms with Crippen LogP contribution in [-0.4, -0.2) is 33.6 Å². The number of carboxylic acids is 1. The van der Waals surface area contributed by atoms with E-state index in [9.17, 15) is 4.79 Å². The number of hydrogen-bond acceptors (Lipinski definition) is 1. The molecular weight excluding hydrogens is 319 g/mol. The second-order valence-electron chi connectivity index (χ2n) is 3.74. The summed E-state index contributed by atoms with van der Waals surface area (Å²) in [6.07, 6.45) is 2.36. The minimum absolute atomic E-state index is 0.176. The molecular formula is C14H19O2Sn. The van der Waals surface area contributed by atoms with Crippen LogP contribution in [0.1, 0.15) is 31.9 Å². The third kappa shape index (κ3) is 5.91. The van der Waals surface area contributed by atoms with Crippen LogP contribution in [0, 0.1) is 0 Å². The Labute approximate surface area is 117 Å². The van der Waals surface area contributed by atoms with Crippen LogP contribution in [0.2, 0.25) is 0 Å². The van der Waals surface area contributed by atoms with Crippen LogP contribution in [0.3, 0.4) is 0 Å². The van der Waals surface area contributed by atoms with Gasteiger partial charge in [-0.15, -0.1) is 0 Å². The average Bonchev–Trinajstić information content (AvgIpc) is 2.29. The molecule has 0 aromatic heterocycles. The van der Waals surface area contributed by atoms with Gasteiger partial charge in [0.15, 0.2) is 0 Å². The molecule has 0 bridgehead atoms. The Balaban J connectivity index is 0.000000366. The molecule has 0 aliphatic heterocycles. The van der Waals surface area contributed by atoms with E-state index in [4.69, 9.17) is 5.11 Å². The van der Waals surface area contributed by atoms with E-state index in [1.165, 1.54) is 28.9 Å². The second kappa shape index (κ2) is 8.34. The zero-order valence-corrected chi connectivity index (χ0v) is 13.6. The van der Waals surface area contributed by atoms with Crippen molar-refractivity contribution in [2.75, 3.05) is 0 Å². The number of carboxylic acid groups (broad SMARTS) is 1. The van der Waals surface area contributed by atoms with Crippen molar-refractivity contribution < 1.29 is 9.90 Å². The molecule has 0 aliphatic carbocycles. The quantitative estimate of drug-likeness (QED) is 0.678. The molecule has 0 aliphatic rings. The van der Waals surface area contributed by atoms with Gasteiger partial charge < -0.3 is 5.11 Å². The van der Waals surface area contributed by atoms with Crippen LogP contribution < -0.4 is 3.58 Å². The molecule has 1 rings (SSSR count). The third-order valence-electron chi connectivity index (χ3n) is 2.37. The number of aliphatic carboxylic acids is 1. The molecule has 1 aromatic carbocycles. The molecule has 0 heterocycles. The fourth-order valence-corrected chi connectivity index (χ4v) is 2.62. The van der Waals surface area contributed by atoms with E-state index < -0.39 is 5.97 Å². The van der Waals surface area contributed by atoms with Crippen LogP contribution in [-0.2, 0) is 17.6 Å². The second-order valence-corrected chi connectivity index (χ2v) is 5.27. The predicted octanol–water partition coefficient (Wildman–Crippen LogP) is 2.25. The normalized spacial score (nSPS) is 9.18. The summed E-state index contributed by atoms with van der Waals surface area (Å²) in [5, 5.41) is 7.89. The molecule has 1 N–H and O–H groups in total. The van der Waals surface area contributed by atoms with Gasteiger partial charge in [-0.1, -0.05) is 6.58 Å². The summed E-state index contributed by atoms with van der Waals surface area (Å²) in [5.41, 5.74) is 3.28. The molecule has 0 fully saturated rings. The van der Waals surface area contributed by atoms with Crippen LogP contribution in [0.15, 0.2) is 30.4 Å². The molecule has 1 aromatic rings. The standard InChI is InChI=1S/C10H13.C4H6O2.Sn/c1-3-9-7-5-6-8-10(9)4-2;1-3(2)4(5)6;/h5-7H,3-4H2,1-2H3;1H2,2H3,(H,5,6);. The zero-order chi connectivity index (χ0) is 13.4. The van der Waals surface area contributed by atoms with E-state index in [0.29, 0.717) is 0 Å². The summed E-state index contributed by atoms with van der Waals surface area (Å²) in [6.45, 7) is 9.07. The first kappa shape index (κ1) is 16.2. The van der Waals surface area contributed by atoms with E-state index in [2.05, 4.69) is 38.6 Å². The maximum atomic E-state index is 9.60. The maximum absolute atomic E-state index is 9.60. The topological polar surface area (TPSA) is 37.3 Å². The van der Waals surface area contributed by atoms with Gasteiger partial charge in [0.1, 0.15) is 0 Å². The Morgan fingerprint density at radius 2 is 1.88 bits per heavy atom. The van der Waals surface area contributed by atoms with Crippen molar-refractivity contribution in [2.45, 2.75) is 33.6 Å². The van der Waals surface area contributed by atoms with E-state index in [1.807, 2.05) is 0 Å². The van der Waals surface area contributed by atoms with Crippen molar-refractivity contribution in [2.24, 2.45) is 0 Å². The molecule has 3 heteroatoms. The Hall–Kier alpha value is -0.771. The van der Waals surface area contributed by atoms with Crippen LogP contribution in [0.5, 0.6) is 0 Å². The Morgan fingerprint density at radius 3 is 2.18 bits per heavy atom. The van der Waals surface area contributed by atoms with Gasteiger partial charge in [-0.25, -0.2) is 4.79 Å². The molecule has 0 saturated carbocycles. The SMILES string of the molecule is C=C(C)C(=O)O.CCc1ccc[c]([Sn])c1CC. The molecule has 17 heavy (non-hydrogen) atoms. The number of hydrogen-bond donors (Lipinski definition) is 1. The number of benzene rings is 1. The molecule has 0 unspecified atom stereocenters. The van der Waals surface area contributed by atoms with Gasteiger partial charge >= 0.3 is 88.1 Å². The van der Waals surface area contributed by atoms with Gasteiger partial charge in [0, 0.05) is 5.57 Å². The van der Waals surface area contributed by atoms with Gasteiger partial charge in [-0.05, 0) is 6.92 Å². The first-order valence-corrected chi connectivity index (χ1v) is 7.07. The summed E-state index contributed by atoms with van der Waals surface area (Å²) < 4.78 is 1.53. The van der Waals surface area contributed by atoms with E-state index in [1.54, 1.807) is 28.1 Å². The summed E-state index contributed by atoms with van der Waals surface area (Å²) >= 11 is 1.54. The van der Waals surface area contributed by atoms with Crippen molar-refractivity contribution >= 4 is 32.1 Å². The van der Waals surface area contributed by atoms with Crippen molar-refractivity contribution in [3.63, 3.8) is 0 Å². The van der Waals surface area contributed by atoms with Gasteiger partial charge in [0.2, 0.25) is 0 Å². The monoisotopic (exact) mass is 339 g/mol. The molecule has 3 radical (unpaired) electrons. The number of aryl methyl sites for hydroxylation is 1. The summed E-state index contributed by atoms with van der Waals surface area (Å²) in [5.74, 6) is -0.935. The molecule has 0 amide bonds. The predicted molar refractivity (Wildman–Crippen MR) is 73.0 cm³/mol. The van der Waals surface area contributed by atoms with Gasteiger partial charge in [0.05, 0.1) is 0 Å². The molecule has 0 saturated heterocycles. The van der Waals surface area contributed by atoms with E-state index in [0.717, 1.165) is 0 Å². The van der Waals surface area contributed by atoms with Crippen LogP contribution in [0.25, 0.3) is 0 Å². The molecule has 91 valence electrons. The van der Waals surface area contributed by atoms with Gasteiger partial charge in [-0.3, -0.25) is 0 Å². The Kier molecular flexibility index (Phi) is 7.96. The number of rotatable bonds is 3. The molecule has 0 spiro atoms. The number of carbonyl (C=O) groups is 1. The fourth-order valence-electron chi connectivity index (χ4n) is 1.38. The average molecular weight is 338 g/mol. The summed E-state index contributed by atoms with van der Waals surface area (Å²) in [7, 11) is 0. The fraction of sp³-hybridized carbons (Fsp3) is 0.357. The summed E-state index contributed by atoms with van der Waals surface area (Å²) in [4.78, 5) is 9.60. The molecule has 0 atom stereocenters. The van der Waals surface area contributed by atoms with Crippen molar-refractivity contribution in [1.29, 1.82) is 0 Å². The summed E-state index contributed by atoms with van der Waals surface area (Å²) in [6, 6.07) is 6.64. The molecule has 2 nitrogen and oxygen atoms in total. The Bertz CT molecular complexity index is 385. The van der Waals surface area contributed by atoms with Gasteiger partial charge in [-0.2, -0.15) is 0 Å². The van der Waals surface area contributed by atoms with Crippen LogP contribution in [0.4, 0.5) is 0 Å². The first-order valence-electron chi connectivity index (χ1n) is 5.65. The first-order chi connectivity index (χ1) is 7.93. The van der Waals surface area contributed by atoms with E-state index >= 15 is 0 Å².